The largest absolute Gasteiger partial charge is 0.346 e. The Morgan fingerprint density at radius 1 is 1.00 bits per heavy atom. The molecule has 5 heteroatoms. The van der Waals surface area contributed by atoms with E-state index in [1.54, 1.807) is 6.20 Å². The summed E-state index contributed by atoms with van der Waals surface area (Å²) in [6.45, 7) is 4.00. The molecule has 1 N–H and O–H groups in total. The van der Waals surface area contributed by atoms with Crippen LogP contribution in [0.3, 0.4) is 0 Å². The molecule has 4 aromatic heterocycles. The van der Waals surface area contributed by atoms with E-state index in [0.717, 1.165) is 39.0 Å². The highest BCUT2D eigenvalue weighted by molar-refractivity contribution is 5.80. The average molecular weight is 346 g/mol. The fourth-order valence-corrected chi connectivity index (χ4v) is 3.14. The smallest absolute Gasteiger partial charge is 0.216 e. The van der Waals surface area contributed by atoms with E-state index in [-0.39, 0.29) is 0 Å². The molecule has 0 fully saturated rings. The SMILES string of the molecule is Cc1cnc2[nH]cc(Cc3ccc(Cc4ccncc4C)nc3F)c2c1. The van der Waals surface area contributed by atoms with Crippen LogP contribution in [0.25, 0.3) is 11.0 Å². The Labute approximate surface area is 151 Å². The summed E-state index contributed by atoms with van der Waals surface area (Å²) >= 11 is 0. The standard InChI is InChI=1S/C21H19FN4/c1-13-7-19-17(12-25-21(19)24-10-13)8-16-3-4-18(26-20(16)22)9-15-5-6-23-11-14(15)2/h3-7,10-12H,8-9H2,1-2H3,(H,24,25). The second kappa shape index (κ2) is 6.67. The van der Waals surface area contributed by atoms with Gasteiger partial charge in [0.15, 0.2) is 0 Å². The number of hydrogen-bond donors (Lipinski definition) is 1. The fraction of sp³-hybridized carbons (Fsp3) is 0.190. The molecule has 0 saturated heterocycles. The lowest BCUT2D eigenvalue weighted by molar-refractivity contribution is 0.565. The van der Waals surface area contributed by atoms with Gasteiger partial charge in [-0.2, -0.15) is 4.39 Å². The van der Waals surface area contributed by atoms with E-state index in [2.05, 4.69) is 26.0 Å². The van der Waals surface area contributed by atoms with Crippen LogP contribution in [0.1, 0.15) is 33.5 Å². The Hall–Kier alpha value is -3.08. The molecule has 26 heavy (non-hydrogen) atoms. The summed E-state index contributed by atoms with van der Waals surface area (Å²) in [5.41, 5.74) is 6.43. The number of aromatic amines is 1. The number of nitrogens with one attached hydrogen (secondary N) is 1. The number of aromatic nitrogens is 4. The second-order valence-corrected chi connectivity index (χ2v) is 6.63. The minimum atomic E-state index is -0.413. The van der Waals surface area contributed by atoms with Crippen molar-refractivity contribution in [1.29, 1.82) is 0 Å². The highest BCUT2D eigenvalue weighted by Gasteiger charge is 2.11. The Bertz CT molecular complexity index is 1080. The van der Waals surface area contributed by atoms with Gasteiger partial charge in [-0.3, -0.25) is 4.98 Å². The van der Waals surface area contributed by atoms with Crippen LogP contribution < -0.4 is 0 Å². The van der Waals surface area contributed by atoms with Crippen molar-refractivity contribution in [2.24, 2.45) is 0 Å². The van der Waals surface area contributed by atoms with E-state index < -0.39 is 5.95 Å². The van der Waals surface area contributed by atoms with Crippen LogP contribution in [0, 0.1) is 19.8 Å². The van der Waals surface area contributed by atoms with E-state index in [1.165, 1.54) is 0 Å². The van der Waals surface area contributed by atoms with Crippen LogP contribution in [0.5, 0.6) is 0 Å². The van der Waals surface area contributed by atoms with Crippen LogP contribution in [-0.2, 0) is 12.8 Å². The number of halogens is 1. The zero-order valence-corrected chi connectivity index (χ0v) is 14.8. The normalized spacial score (nSPS) is 11.2. The molecule has 0 saturated carbocycles. The summed E-state index contributed by atoms with van der Waals surface area (Å²) in [6.07, 6.45) is 8.36. The maximum absolute atomic E-state index is 14.6. The topological polar surface area (TPSA) is 54.5 Å². The number of pyridine rings is 3. The Kier molecular flexibility index (Phi) is 4.21. The molecule has 0 spiro atoms. The van der Waals surface area contributed by atoms with E-state index >= 15 is 0 Å². The van der Waals surface area contributed by atoms with Crippen molar-refractivity contribution >= 4 is 11.0 Å². The number of nitrogens with zero attached hydrogens (tertiary/aromatic N) is 3. The molecule has 0 atom stereocenters. The lowest BCUT2D eigenvalue weighted by atomic mass is 10.0. The van der Waals surface area contributed by atoms with Gasteiger partial charge in [0, 0.05) is 54.3 Å². The van der Waals surface area contributed by atoms with E-state index in [9.17, 15) is 4.39 Å². The van der Waals surface area contributed by atoms with Gasteiger partial charge in [-0.25, -0.2) is 9.97 Å². The maximum atomic E-state index is 14.6. The van der Waals surface area contributed by atoms with E-state index in [4.69, 9.17) is 0 Å². The molecular formula is C21H19FN4. The molecule has 0 aliphatic heterocycles. The highest BCUT2D eigenvalue weighted by atomic mass is 19.1. The quantitative estimate of drug-likeness (QED) is 0.561. The predicted octanol–water partition coefficient (Wildman–Crippen LogP) is 4.29. The minimum Gasteiger partial charge on any atom is -0.346 e. The van der Waals surface area contributed by atoms with Gasteiger partial charge in [-0.05, 0) is 54.3 Å². The van der Waals surface area contributed by atoms with Crippen LogP contribution in [0.2, 0.25) is 0 Å². The van der Waals surface area contributed by atoms with Crippen molar-refractivity contribution < 1.29 is 4.39 Å². The lowest BCUT2D eigenvalue weighted by Gasteiger charge is -2.07. The molecule has 0 aliphatic rings. The number of fused-ring (bicyclic) bond motifs is 1. The van der Waals surface area contributed by atoms with Gasteiger partial charge in [-0.15, -0.1) is 0 Å². The van der Waals surface area contributed by atoms with Crippen molar-refractivity contribution in [3.05, 3.63) is 88.5 Å². The summed E-state index contributed by atoms with van der Waals surface area (Å²) in [5.74, 6) is -0.413. The highest BCUT2D eigenvalue weighted by Crippen LogP contribution is 2.22. The third-order valence-corrected chi connectivity index (χ3v) is 4.63. The summed E-state index contributed by atoms with van der Waals surface area (Å²) < 4.78 is 14.6. The molecule has 130 valence electrons. The first kappa shape index (κ1) is 16.4. The molecule has 4 nitrogen and oxygen atoms in total. The van der Waals surface area contributed by atoms with Crippen molar-refractivity contribution in [3.63, 3.8) is 0 Å². The third-order valence-electron chi connectivity index (χ3n) is 4.63. The zero-order chi connectivity index (χ0) is 18.1. The fourth-order valence-electron chi connectivity index (χ4n) is 3.14. The molecule has 4 rings (SSSR count). The van der Waals surface area contributed by atoms with E-state index in [0.29, 0.717) is 18.4 Å². The van der Waals surface area contributed by atoms with Crippen LogP contribution in [0.15, 0.2) is 49.1 Å². The predicted molar refractivity (Wildman–Crippen MR) is 99.6 cm³/mol. The van der Waals surface area contributed by atoms with Gasteiger partial charge >= 0.3 is 0 Å². The minimum absolute atomic E-state index is 0.413. The second-order valence-electron chi connectivity index (χ2n) is 6.63. The zero-order valence-electron chi connectivity index (χ0n) is 14.8. The van der Waals surface area contributed by atoms with Gasteiger partial charge in [-0.1, -0.05) is 6.07 Å². The van der Waals surface area contributed by atoms with Crippen molar-refractivity contribution in [2.75, 3.05) is 0 Å². The van der Waals surface area contributed by atoms with Gasteiger partial charge in [0.25, 0.3) is 0 Å². The first-order valence-corrected chi connectivity index (χ1v) is 8.56. The molecule has 0 radical (unpaired) electrons. The van der Waals surface area contributed by atoms with Crippen LogP contribution >= 0.6 is 0 Å². The van der Waals surface area contributed by atoms with E-state index in [1.807, 2.05) is 50.6 Å². The van der Waals surface area contributed by atoms with Gasteiger partial charge in [0.1, 0.15) is 5.65 Å². The number of aryl methyl sites for hydroxylation is 2. The molecule has 4 heterocycles. The molecule has 0 aromatic carbocycles. The number of rotatable bonds is 4. The van der Waals surface area contributed by atoms with Gasteiger partial charge in [0.2, 0.25) is 5.95 Å². The summed E-state index contributed by atoms with van der Waals surface area (Å²) in [5, 5.41) is 1.03. The molecule has 4 aromatic rings. The Morgan fingerprint density at radius 2 is 1.88 bits per heavy atom. The lowest BCUT2D eigenvalue weighted by Crippen LogP contribution is -2.01. The Balaban J connectivity index is 1.60. The molecule has 0 bridgehead atoms. The van der Waals surface area contributed by atoms with Crippen LogP contribution in [0.4, 0.5) is 4.39 Å². The number of H-pyrrole nitrogens is 1. The number of hydrogen-bond acceptors (Lipinski definition) is 3. The summed E-state index contributed by atoms with van der Waals surface area (Å²) in [7, 11) is 0. The van der Waals surface area contributed by atoms with Gasteiger partial charge < -0.3 is 4.98 Å². The van der Waals surface area contributed by atoms with Gasteiger partial charge in [0.05, 0.1) is 0 Å². The monoisotopic (exact) mass is 346 g/mol. The maximum Gasteiger partial charge on any atom is 0.216 e. The summed E-state index contributed by atoms with van der Waals surface area (Å²) in [4.78, 5) is 15.8. The molecule has 0 aliphatic carbocycles. The van der Waals surface area contributed by atoms with Crippen molar-refractivity contribution in [1.82, 2.24) is 19.9 Å². The molecule has 0 amide bonds. The van der Waals surface area contributed by atoms with Crippen molar-refractivity contribution in [2.45, 2.75) is 26.7 Å². The van der Waals surface area contributed by atoms with Crippen LogP contribution in [-0.4, -0.2) is 19.9 Å². The van der Waals surface area contributed by atoms with Crippen molar-refractivity contribution in [3.8, 4) is 0 Å². The first-order chi connectivity index (χ1) is 12.6. The third kappa shape index (κ3) is 3.20. The molecular weight excluding hydrogens is 327 g/mol. The first-order valence-electron chi connectivity index (χ1n) is 8.56. The molecule has 0 unspecified atom stereocenters. The average Bonchev–Trinajstić information content (AvgIpc) is 3.01. The Morgan fingerprint density at radius 3 is 2.69 bits per heavy atom. The summed E-state index contributed by atoms with van der Waals surface area (Å²) in [6, 6.07) is 7.75.